The van der Waals surface area contributed by atoms with Gasteiger partial charge in [0.15, 0.2) is 0 Å². The monoisotopic (exact) mass is 527 g/mol. The van der Waals surface area contributed by atoms with Crippen LogP contribution in [-0.2, 0) is 17.5 Å². The van der Waals surface area contributed by atoms with Gasteiger partial charge in [0.2, 0.25) is 5.67 Å². The second-order valence-corrected chi connectivity index (χ2v) is 9.99. The van der Waals surface area contributed by atoms with Crippen molar-refractivity contribution in [3.8, 4) is 5.75 Å². The number of aromatic carboxylic acids is 1. The zero-order valence-electron chi connectivity index (χ0n) is 20.5. The molecular formula is C29H25F4NO4. The number of carboxylic acids is 1. The summed E-state index contributed by atoms with van der Waals surface area (Å²) in [5.41, 5.74) is -2.75. The Hall–Kier alpha value is -3.88. The van der Waals surface area contributed by atoms with E-state index in [1.807, 2.05) is 30.3 Å². The predicted molar refractivity (Wildman–Crippen MR) is 131 cm³/mol. The fourth-order valence-corrected chi connectivity index (χ4v) is 5.61. The lowest BCUT2D eigenvalue weighted by atomic mass is 9.68. The largest absolute Gasteiger partial charge is 0.491 e. The third-order valence-corrected chi connectivity index (χ3v) is 7.80. The van der Waals surface area contributed by atoms with Gasteiger partial charge < -0.3 is 14.7 Å². The van der Waals surface area contributed by atoms with Crippen molar-refractivity contribution in [3.05, 3.63) is 101 Å². The van der Waals surface area contributed by atoms with Gasteiger partial charge in [-0.15, -0.1) is 0 Å². The van der Waals surface area contributed by atoms with Crippen molar-refractivity contribution in [2.75, 3.05) is 13.2 Å². The fraction of sp³-hybridized carbons (Fsp3) is 0.310. The molecule has 38 heavy (non-hydrogen) atoms. The van der Waals surface area contributed by atoms with Gasteiger partial charge in [-0.2, -0.15) is 13.2 Å². The summed E-state index contributed by atoms with van der Waals surface area (Å²) in [7, 11) is 0. The molecule has 3 atom stereocenters. The van der Waals surface area contributed by atoms with E-state index in [0.717, 1.165) is 17.7 Å². The van der Waals surface area contributed by atoms with Crippen LogP contribution < -0.4 is 4.74 Å². The van der Waals surface area contributed by atoms with Gasteiger partial charge in [-0.05, 0) is 55.7 Å². The van der Waals surface area contributed by atoms with Crippen LogP contribution in [0.15, 0.2) is 72.8 Å². The summed E-state index contributed by atoms with van der Waals surface area (Å²) in [6.07, 6.45) is -4.07. The summed E-state index contributed by atoms with van der Waals surface area (Å²) >= 11 is 0. The molecule has 1 fully saturated rings. The van der Waals surface area contributed by atoms with Crippen LogP contribution in [0.3, 0.4) is 0 Å². The summed E-state index contributed by atoms with van der Waals surface area (Å²) in [6, 6.07) is 18.6. The lowest BCUT2D eigenvalue weighted by Crippen LogP contribution is -2.52. The van der Waals surface area contributed by atoms with Gasteiger partial charge in [-0.3, -0.25) is 4.79 Å². The van der Waals surface area contributed by atoms with Crippen LogP contribution in [0.5, 0.6) is 5.75 Å². The van der Waals surface area contributed by atoms with E-state index in [0.29, 0.717) is 37.4 Å². The first kappa shape index (κ1) is 25.8. The quantitative estimate of drug-likeness (QED) is 0.419. The van der Waals surface area contributed by atoms with Crippen molar-refractivity contribution in [1.29, 1.82) is 0 Å². The fourth-order valence-electron chi connectivity index (χ4n) is 5.61. The summed E-state index contributed by atoms with van der Waals surface area (Å²) in [6.45, 7) is 0.883. The molecule has 0 spiro atoms. The number of hydrogen-bond acceptors (Lipinski definition) is 3. The molecule has 2 aliphatic rings. The maximum Gasteiger partial charge on any atom is 0.426 e. The van der Waals surface area contributed by atoms with Crippen molar-refractivity contribution in [2.45, 2.75) is 43.1 Å². The molecule has 0 aromatic heterocycles. The number of amides is 1. The van der Waals surface area contributed by atoms with E-state index in [1.165, 1.54) is 30.3 Å². The molecule has 9 heteroatoms. The maximum absolute atomic E-state index is 14.8. The van der Waals surface area contributed by atoms with E-state index in [-0.39, 0.29) is 23.8 Å². The number of carboxylic acid groups (broad SMARTS) is 1. The molecule has 3 aromatic rings. The lowest BCUT2D eigenvalue weighted by molar-refractivity contribution is -0.228. The second-order valence-electron chi connectivity index (χ2n) is 9.99. The Balaban J connectivity index is 1.55. The molecule has 2 heterocycles. The van der Waals surface area contributed by atoms with Crippen LogP contribution in [0.25, 0.3) is 0 Å². The van der Waals surface area contributed by atoms with Gasteiger partial charge in [0.1, 0.15) is 12.4 Å². The molecule has 0 aliphatic carbocycles. The highest BCUT2D eigenvalue weighted by molar-refractivity contribution is 5.96. The van der Waals surface area contributed by atoms with Crippen molar-refractivity contribution >= 4 is 11.9 Å². The molecule has 0 saturated carbocycles. The van der Waals surface area contributed by atoms with Crippen LogP contribution >= 0.6 is 0 Å². The molecule has 5 nitrogen and oxygen atoms in total. The normalized spacial score (nSPS) is 22.1. The molecule has 1 N–H and O–H groups in total. The zero-order valence-corrected chi connectivity index (χ0v) is 20.5. The topological polar surface area (TPSA) is 66.8 Å². The predicted octanol–water partition coefficient (Wildman–Crippen LogP) is 5.92. The van der Waals surface area contributed by atoms with Crippen LogP contribution in [0.4, 0.5) is 17.6 Å². The van der Waals surface area contributed by atoms with Crippen LogP contribution in [0.2, 0.25) is 0 Å². The zero-order chi connectivity index (χ0) is 27.3. The van der Waals surface area contributed by atoms with Crippen molar-refractivity contribution in [2.24, 2.45) is 0 Å². The van der Waals surface area contributed by atoms with Crippen molar-refractivity contribution < 1.29 is 37.0 Å². The molecule has 0 radical (unpaired) electrons. The average molecular weight is 528 g/mol. The second kappa shape index (κ2) is 9.15. The molecule has 5 rings (SSSR count). The van der Waals surface area contributed by atoms with Crippen LogP contribution in [0.1, 0.15) is 50.8 Å². The Bertz CT molecular complexity index is 1370. The van der Waals surface area contributed by atoms with E-state index >= 15 is 0 Å². The third-order valence-electron chi connectivity index (χ3n) is 7.80. The van der Waals surface area contributed by atoms with E-state index in [2.05, 4.69) is 0 Å². The van der Waals surface area contributed by atoms with Gasteiger partial charge in [0.05, 0.1) is 11.6 Å². The number of nitrogens with zero attached hydrogens (tertiary/aromatic N) is 1. The van der Waals surface area contributed by atoms with Gasteiger partial charge in [-0.25, -0.2) is 9.18 Å². The highest BCUT2D eigenvalue weighted by Gasteiger charge is 2.56. The summed E-state index contributed by atoms with van der Waals surface area (Å²) in [4.78, 5) is 26.4. The highest BCUT2D eigenvalue weighted by atomic mass is 19.4. The first-order valence-corrected chi connectivity index (χ1v) is 12.2. The van der Waals surface area contributed by atoms with Crippen LogP contribution in [0, 0.1) is 0 Å². The number of ether oxygens (including phenoxy) is 1. The Morgan fingerprint density at radius 3 is 2.29 bits per heavy atom. The molecule has 3 aromatic carbocycles. The number of benzene rings is 3. The number of likely N-dealkylation sites (tertiary alicyclic amines) is 1. The van der Waals surface area contributed by atoms with Gasteiger partial charge in [0.25, 0.3) is 5.91 Å². The molecule has 0 bridgehead atoms. The minimum Gasteiger partial charge on any atom is -0.491 e. The van der Waals surface area contributed by atoms with E-state index in [1.54, 1.807) is 4.90 Å². The van der Waals surface area contributed by atoms with E-state index in [9.17, 15) is 27.2 Å². The first-order chi connectivity index (χ1) is 17.9. The summed E-state index contributed by atoms with van der Waals surface area (Å²) < 4.78 is 60.9. The number of fused-ring (bicyclic) bond motifs is 3. The van der Waals surface area contributed by atoms with Crippen molar-refractivity contribution in [1.82, 2.24) is 4.90 Å². The number of carbonyl (C=O) groups is 2. The first-order valence-electron chi connectivity index (χ1n) is 12.2. The third kappa shape index (κ3) is 4.19. The number of carbonyl (C=O) groups excluding carboxylic acids is 1. The smallest absolute Gasteiger partial charge is 0.426 e. The summed E-state index contributed by atoms with van der Waals surface area (Å²) in [5, 5.41) is 9.16. The Morgan fingerprint density at radius 2 is 1.66 bits per heavy atom. The Labute approximate surface area is 216 Å². The van der Waals surface area contributed by atoms with Crippen LogP contribution in [-0.4, -0.2) is 47.3 Å². The van der Waals surface area contributed by atoms with Crippen molar-refractivity contribution in [3.63, 3.8) is 0 Å². The molecule has 198 valence electrons. The summed E-state index contributed by atoms with van der Waals surface area (Å²) in [5.74, 6) is -1.21. The number of rotatable bonds is 5. The lowest BCUT2D eigenvalue weighted by Gasteiger charge is -2.43. The highest BCUT2D eigenvalue weighted by Crippen LogP contribution is 2.51. The maximum atomic E-state index is 14.8. The van der Waals surface area contributed by atoms with Gasteiger partial charge >= 0.3 is 12.1 Å². The molecule has 1 amide bonds. The number of halogens is 4. The standard InChI is InChI=1S/C29H25F4NO4/c1-27(30,29(31,32)33)21-11-12-22-23(15-21)38-17-24-28(22,16-18-5-3-2-4-6-18)13-14-34(24)25(35)19-7-9-20(10-8-19)26(36)37/h2-12,15,24H,13-14,16-17H2,1H3,(H,36,37). The minimum atomic E-state index is -5.09. The minimum absolute atomic E-state index is 0.0251. The van der Waals surface area contributed by atoms with Gasteiger partial charge in [0, 0.05) is 28.7 Å². The number of hydrogen-bond donors (Lipinski definition) is 1. The Kier molecular flexibility index (Phi) is 6.20. The number of alkyl halides is 4. The molecule has 3 unspecified atom stereocenters. The van der Waals surface area contributed by atoms with Gasteiger partial charge in [-0.1, -0.05) is 42.5 Å². The molecular weight excluding hydrogens is 502 g/mol. The SMILES string of the molecule is CC(F)(c1ccc2c(c1)OCC1N(C(=O)c3ccc(C(=O)O)cc3)CCC21Cc1ccccc1)C(F)(F)F. The van der Waals surface area contributed by atoms with E-state index in [4.69, 9.17) is 9.84 Å². The van der Waals surface area contributed by atoms with E-state index < -0.39 is 34.8 Å². The average Bonchev–Trinajstić information content (AvgIpc) is 3.27. The molecule has 2 aliphatic heterocycles. The Morgan fingerprint density at radius 1 is 1.00 bits per heavy atom. The molecule has 1 saturated heterocycles.